The van der Waals surface area contributed by atoms with Crippen LogP contribution in [0.4, 0.5) is 4.39 Å². The SMILES string of the molecule is CCCOc1cccc(C(NC)c2cc(F)ccc2Cl)c1. The van der Waals surface area contributed by atoms with Crippen molar-refractivity contribution in [3.63, 3.8) is 0 Å². The van der Waals surface area contributed by atoms with Gasteiger partial charge >= 0.3 is 0 Å². The Morgan fingerprint density at radius 3 is 2.76 bits per heavy atom. The van der Waals surface area contributed by atoms with Crippen molar-refractivity contribution in [2.45, 2.75) is 19.4 Å². The van der Waals surface area contributed by atoms with Crippen molar-refractivity contribution in [2.75, 3.05) is 13.7 Å². The summed E-state index contributed by atoms with van der Waals surface area (Å²) < 4.78 is 19.1. The molecule has 0 radical (unpaired) electrons. The van der Waals surface area contributed by atoms with E-state index in [0.717, 1.165) is 17.7 Å². The van der Waals surface area contributed by atoms with Gasteiger partial charge in [0.1, 0.15) is 11.6 Å². The van der Waals surface area contributed by atoms with Gasteiger partial charge in [0, 0.05) is 5.02 Å². The zero-order chi connectivity index (χ0) is 15.2. The van der Waals surface area contributed by atoms with E-state index >= 15 is 0 Å². The molecule has 0 saturated heterocycles. The molecule has 0 aromatic heterocycles. The molecule has 1 atom stereocenters. The Hall–Kier alpha value is -1.58. The van der Waals surface area contributed by atoms with Crippen LogP contribution >= 0.6 is 11.6 Å². The highest BCUT2D eigenvalue weighted by molar-refractivity contribution is 6.31. The highest BCUT2D eigenvalue weighted by Gasteiger charge is 2.16. The molecule has 0 aliphatic carbocycles. The molecule has 2 aromatic carbocycles. The standard InChI is InChI=1S/C17H19ClFNO/c1-3-9-21-14-6-4-5-12(10-14)17(20-2)15-11-13(19)7-8-16(15)18/h4-8,10-11,17,20H,3,9H2,1-2H3. The lowest BCUT2D eigenvalue weighted by atomic mass is 9.98. The van der Waals surface area contributed by atoms with Gasteiger partial charge in [0.05, 0.1) is 12.6 Å². The van der Waals surface area contributed by atoms with Crippen molar-refractivity contribution in [1.29, 1.82) is 0 Å². The van der Waals surface area contributed by atoms with Gasteiger partial charge in [0.2, 0.25) is 0 Å². The second-order valence-electron chi connectivity index (χ2n) is 4.81. The zero-order valence-electron chi connectivity index (χ0n) is 12.2. The molecule has 0 aliphatic heterocycles. The van der Waals surface area contributed by atoms with Gasteiger partial charge < -0.3 is 10.1 Å². The number of benzene rings is 2. The first-order chi connectivity index (χ1) is 10.2. The van der Waals surface area contributed by atoms with Crippen molar-refractivity contribution in [3.05, 3.63) is 64.4 Å². The van der Waals surface area contributed by atoms with E-state index in [4.69, 9.17) is 16.3 Å². The average Bonchev–Trinajstić information content (AvgIpc) is 2.50. The summed E-state index contributed by atoms with van der Waals surface area (Å²) in [5.41, 5.74) is 1.70. The molecule has 2 rings (SSSR count). The fourth-order valence-electron chi connectivity index (χ4n) is 2.24. The maximum Gasteiger partial charge on any atom is 0.123 e. The van der Waals surface area contributed by atoms with E-state index in [1.54, 1.807) is 6.07 Å². The largest absolute Gasteiger partial charge is 0.494 e. The van der Waals surface area contributed by atoms with E-state index in [1.165, 1.54) is 12.1 Å². The van der Waals surface area contributed by atoms with Gasteiger partial charge in [0.15, 0.2) is 0 Å². The van der Waals surface area contributed by atoms with Crippen LogP contribution in [0, 0.1) is 5.82 Å². The van der Waals surface area contributed by atoms with E-state index in [-0.39, 0.29) is 11.9 Å². The minimum atomic E-state index is -0.298. The lowest BCUT2D eigenvalue weighted by Gasteiger charge is -2.19. The van der Waals surface area contributed by atoms with Crippen LogP contribution in [-0.2, 0) is 0 Å². The molecular weight excluding hydrogens is 289 g/mol. The Labute approximate surface area is 129 Å². The van der Waals surface area contributed by atoms with Gasteiger partial charge in [-0.2, -0.15) is 0 Å². The van der Waals surface area contributed by atoms with Crippen LogP contribution in [0.2, 0.25) is 5.02 Å². The molecule has 0 saturated carbocycles. The molecule has 0 fully saturated rings. The summed E-state index contributed by atoms with van der Waals surface area (Å²) in [6.07, 6.45) is 0.954. The quantitative estimate of drug-likeness (QED) is 0.843. The summed E-state index contributed by atoms with van der Waals surface area (Å²) in [6, 6.07) is 12.0. The summed E-state index contributed by atoms with van der Waals surface area (Å²) in [7, 11) is 1.82. The Morgan fingerprint density at radius 1 is 1.24 bits per heavy atom. The van der Waals surface area contributed by atoms with Crippen LogP contribution in [0.5, 0.6) is 5.75 Å². The van der Waals surface area contributed by atoms with E-state index in [1.807, 2.05) is 31.3 Å². The van der Waals surface area contributed by atoms with E-state index < -0.39 is 0 Å². The molecule has 2 aromatic rings. The van der Waals surface area contributed by atoms with E-state index in [9.17, 15) is 4.39 Å². The topological polar surface area (TPSA) is 21.3 Å². The number of ether oxygens (including phenoxy) is 1. The Kier molecular flexibility index (Phi) is 5.59. The predicted octanol–water partition coefficient (Wildman–Crippen LogP) is 4.58. The van der Waals surface area contributed by atoms with Crippen LogP contribution in [0.1, 0.15) is 30.5 Å². The molecule has 4 heteroatoms. The highest BCUT2D eigenvalue weighted by Crippen LogP contribution is 2.30. The molecule has 0 amide bonds. The summed E-state index contributed by atoms with van der Waals surface area (Å²) in [6.45, 7) is 2.74. The van der Waals surface area contributed by atoms with Gasteiger partial charge in [-0.05, 0) is 54.9 Å². The van der Waals surface area contributed by atoms with Crippen LogP contribution in [0.3, 0.4) is 0 Å². The monoisotopic (exact) mass is 307 g/mol. The molecule has 0 spiro atoms. The molecule has 112 valence electrons. The fourth-order valence-corrected chi connectivity index (χ4v) is 2.47. The van der Waals surface area contributed by atoms with E-state index in [0.29, 0.717) is 17.2 Å². The molecule has 0 heterocycles. The number of nitrogens with one attached hydrogen (secondary N) is 1. The Balaban J connectivity index is 2.34. The summed E-state index contributed by atoms with van der Waals surface area (Å²) in [4.78, 5) is 0. The molecular formula is C17H19ClFNO. The maximum absolute atomic E-state index is 13.5. The Bertz CT molecular complexity index is 603. The summed E-state index contributed by atoms with van der Waals surface area (Å²) in [5, 5.41) is 3.72. The molecule has 1 N–H and O–H groups in total. The minimum Gasteiger partial charge on any atom is -0.494 e. The van der Waals surface area contributed by atoms with Gasteiger partial charge in [-0.15, -0.1) is 0 Å². The number of halogens is 2. The minimum absolute atomic E-state index is 0.182. The highest BCUT2D eigenvalue weighted by atomic mass is 35.5. The van der Waals surface area contributed by atoms with Crippen LogP contribution < -0.4 is 10.1 Å². The third kappa shape index (κ3) is 3.96. The van der Waals surface area contributed by atoms with Gasteiger partial charge in [-0.1, -0.05) is 30.7 Å². The number of hydrogen-bond donors (Lipinski definition) is 1. The van der Waals surface area contributed by atoms with Crippen molar-refractivity contribution < 1.29 is 9.13 Å². The predicted molar refractivity (Wildman–Crippen MR) is 84.5 cm³/mol. The van der Waals surface area contributed by atoms with Crippen molar-refractivity contribution >= 4 is 11.6 Å². The number of hydrogen-bond acceptors (Lipinski definition) is 2. The lowest BCUT2D eigenvalue weighted by Crippen LogP contribution is -2.18. The zero-order valence-corrected chi connectivity index (χ0v) is 13.0. The summed E-state index contributed by atoms with van der Waals surface area (Å²) >= 11 is 6.21. The lowest BCUT2D eigenvalue weighted by molar-refractivity contribution is 0.317. The van der Waals surface area contributed by atoms with Crippen molar-refractivity contribution in [2.24, 2.45) is 0 Å². The smallest absolute Gasteiger partial charge is 0.123 e. The van der Waals surface area contributed by atoms with Gasteiger partial charge in [-0.25, -0.2) is 4.39 Å². The second kappa shape index (κ2) is 7.43. The van der Waals surface area contributed by atoms with Crippen molar-refractivity contribution in [3.8, 4) is 5.75 Å². The van der Waals surface area contributed by atoms with E-state index in [2.05, 4.69) is 12.2 Å². The van der Waals surface area contributed by atoms with Crippen LogP contribution in [-0.4, -0.2) is 13.7 Å². The fraction of sp³-hybridized carbons (Fsp3) is 0.294. The normalized spacial score (nSPS) is 12.2. The second-order valence-corrected chi connectivity index (χ2v) is 5.22. The third-order valence-corrected chi connectivity index (χ3v) is 3.57. The molecule has 2 nitrogen and oxygen atoms in total. The molecule has 21 heavy (non-hydrogen) atoms. The first-order valence-corrected chi connectivity index (χ1v) is 7.38. The van der Waals surface area contributed by atoms with Crippen LogP contribution in [0.15, 0.2) is 42.5 Å². The van der Waals surface area contributed by atoms with Crippen molar-refractivity contribution in [1.82, 2.24) is 5.32 Å². The maximum atomic E-state index is 13.5. The number of rotatable bonds is 6. The average molecular weight is 308 g/mol. The first kappa shape index (κ1) is 15.8. The summed E-state index contributed by atoms with van der Waals surface area (Å²) in [5.74, 6) is 0.509. The molecule has 0 aliphatic rings. The Morgan fingerprint density at radius 2 is 2.05 bits per heavy atom. The van der Waals surface area contributed by atoms with Gasteiger partial charge in [-0.3, -0.25) is 0 Å². The van der Waals surface area contributed by atoms with Gasteiger partial charge in [0.25, 0.3) is 0 Å². The molecule has 1 unspecified atom stereocenters. The first-order valence-electron chi connectivity index (χ1n) is 7.00. The molecule has 0 bridgehead atoms. The third-order valence-electron chi connectivity index (χ3n) is 3.22. The van der Waals surface area contributed by atoms with Crippen LogP contribution in [0.25, 0.3) is 0 Å².